The smallest absolute Gasteiger partial charge is 0.227 e. The first-order chi connectivity index (χ1) is 24.2. The molecule has 0 amide bonds. The van der Waals surface area contributed by atoms with E-state index in [0.717, 1.165) is 83.0 Å². The highest BCUT2D eigenvalue weighted by molar-refractivity contribution is 7.25. The molecule has 0 N–H and O–H groups in total. The van der Waals surface area contributed by atoms with Crippen LogP contribution < -0.4 is 4.90 Å². The lowest BCUT2D eigenvalue weighted by Crippen LogP contribution is -2.09. The number of thiophene rings is 1. The number of aromatic nitrogens is 1. The second-order valence-electron chi connectivity index (χ2n) is 12.4. The molecule has 0 saturated carbocycles. The van der Waals surface area contributed by atoms with Crippen LogP contribution in [0.3, 0.4) is 0 Å². The van der Waals surface area contributed by atoms with Crippen molar-refractivity contribution in [2.24, 2.45) is 0 Å². The first kappa shape index (κ1) is 26.7. The van der Waals surface area contributed by atoms with Crippen LogP contribution in [0.1, 0.15) is 0 Å². The highest BCUT2D eigenvalue weighted by Crippen LogP contribution is 2.44. The topological polar surface area (TPSA) is 55.6 Å². The fourth-order valence-corrected chi connectivity index (χ4v) is 8.34. The molecule has 11 rings (SSSR count). The van der Waals surface area contributed by atoms with Crippen LogP contribution in [0, 0.1) is 0 Å². The number of fused-ring (bicyclic) bond motifs is 10. The summed E-state index contributed by atoms with van der Waals surface area (Å²) in [4.78, 5) is 7.13. The van der Waals surface area contributed by atoms with E-state index in [-0.39, 0.29) is 0 Å². The van der Waals surface area contributed by atoms with E-state index in [1.165, 1.54) is 14.8 Å². The third kappa shape index (κ3) is 4.08. The fraction of sp³-hybridized carbons (Fsp3) is 0. The number of benzene rings is 7. The summed E-state index contributed by atoms with van der Waals surface area (Å²) in [5, 5.41) is 6.74. The molecular weight excluding hydrogens is 625 g/mol. The number of para-hydroxylation sites is 2. The molecule has 49 heavy (non-hydrogen) atoms. The second kappa shape index (κ2) is 10.1. The predicted octanol–water partition coefficient (Wildman–Crippen LogP) is 13.1. The summed E-state index contributed by atoms with van der Waals surface area (Å²) in [5.74, 6) is 0.638. The summed E-state index contributed by atoms with van der Waals surface area (Å²) in [5.41, 5.74) is 9.20. The normalized spacial score (nSPS) is 12.1. The van der Waals surface area contributed by atoms with Gasteiger partial charge in [0.05, 0.1) is 0 Å². The van der Waals surface area contributed by atoms with Crippen molar-refractivity contribution in [2.45, 2.75) is 0 Å². The number of anilines is 3. The fourth-order valence-electron chi connectivity index (χ4n) is 7.18. The van der Waals surface area contributed by atoms with E-state index < -0.39 is 0 Å². The molecule has 4 aromatic heterocycles. The standard InChI is InChI=1S/C43H24N2O3S/c1-2-8-25(9-3-1)43-44-35-24-42-34(23-40(35)48-43)32-18-15-28(22-41(32)49-42)45(26-16-19-38-33(20-26)30-11-5-7-13-37(30)46-38)27-14-17-31-29-10-4-6-12-36(29)47-39(31)21-27/h1-24H. The molecule has 0 aliphatic carbocycles. The van der Waals surface area contributed by atoms with Gasteiger partial charge in [-0.25, -0.2) is 4.98 Å². The predicted molar refractivity (Wildman–Crippen MR) is 202 cm³/mol. The molecule has 0 unspecified atom stereocenters. The minimum atomic E-state index is 0.638. The number of hydrogen-bond donors (Lipinski definition) is 0. The Balaban J connectivity index is 1.10. The lowest BCUT2D eigenvalue weighted by molar-refractivity contribution is 0.620. The minimum absolute atomic E-state index is 0.638. The van der Waals surface area contributed by atoms with Gasteiger partial charge in [-0.15, -0.1) is 11.3 Å². The summed E-state index contributed by atoms with van der Waals surface area (Å²) in [6.45, 7) is 0. The molecular formula is C43H24N2O3S. The molecule has 4 heterocycles. The van der Waals surface area contributed by atoms with E-state index in [0.29, 0.717) is 5.89 Å². The van der Waals surface area contributed by atoms with Gasteiger partial charge >= 0.3 is 0 Å². The van der Waals surface area contributed by atoms with Gasteiger partial charge in [0.1, 0.15) is 27.8 Å². The van der Waals surface area contributed by atoms with E-state index in [1.54, 1.807) is 11.3 Å². The zero-order valence-corrected chi connectivity index (χ0v) is 26.7. The quantitative estimate of drug-likeness (QED) is 0.190. The monoisotopic (exact) mass is 648 g/mol. The molecule has 0 aliphatic heterocycles. The number of nitrogens with zero attached hydrogens (tertiary/aromatic N) is 2. The Morgan fingerprint density at radius 1 is 0.408 bits per heavy atom. The van der Waals surface area contributed by atoms with Crippen molar-refractivity contribution < 1.29 is 13.3 Å². The van der Waals surface area contributed by atoms with Gasteiger partial charge in [-0.05, 0) is 78.9 Å². The molecule has 0 saturated heterocycles. The van der Waals surface area contributed by atoms with Crippen molar-refractivity contribution in [3.63, 3.8) is 0 Å². The largest absolute Gasteiger partial charge is 0.456 e. The molecule has 230 valence electrons. The van der Waals surface area contributed by atoms with Crippen LogP contribution in [0.15, 0.2) is 159 Å². The summed E-state index contributed by atoms with van der Waals surface area (Å²) >= 11 is 1.77. The Morgan fingerprint density at radius 3 is 1.86 bits per heavy atom. The molecule has 11 aromatic rings. The van der Waals surface area contributed by atoms with Gasteiger partial charge < -0.3 is 18.2 Å². The lowest BCUT2D eigenvalue weighted by Gasteiger charge is -2.25. The maximum atomic E-state index is 6.35. The van der Waals surface area contributed by atoms with Gasteiger partial charge in [0, 0.05) is 70.4 Å². The molecule has 5 nitrogen and oxygen atoms in total. The molecule has 6 heteroatoms. The van der Waals surface area contributed by atoms with Crippen LogP contribution in [-0.4, -0.2) is 4.98 Å². The van der Waals surface area contributed by atoms with Crippen LogP contribution in [0.5, 0.6) is 0 Å². The Hall–Kier alpha value is -6.37. The van der Waals surface area contributed by atoms with Gasteiger partial charge in [-0.3, -0.25) is 0 Å². The van der Waals surface area contributed by atoms with E-state index >= 15 is 0 Å². The van der Waals surface area contributed by atoms with Gasteiger partial charge in [0.2, 0.25) is 5.89 Å². The molecule has 0 bridgehead atoms. The van der Waals surface area contributed by atoms with Crippen molar-refractivity contribution in [3.05, 3.63) is 146 Å². The number of hydrogen-bond acceptors (Lipinski definition) is 6. The molecule has 0 aliphatic rings. The van der Waals surface area contributed by atoms with Gasteiger partial charge in [-0.1, -0.05) is 60.7 Å². The SMILES string of the molecule is c1ccc(-c2nc3cc4sc5cc(N(c6ccc7c(c6)oc6ccccc67)c6ccc7oc8ccccc8c7c6)ccc5c4cc3o2)cc1. The van der Waals surface area contributed by atoms with Crippen molar-refractivity contribution in [3.8, 4) is 11.5 Å². The minimum Gasteiger partial charge on any atom is -0.456 e. The van der Waals surface area contributed by atoms with Gasteiger partial charge in [0.25, 0.3) is 0 Å². The van der Waals surface area contributed by atoms with Crippen LogP contribution >= 0.6 is 11.3 Å². The van der Waals surface area contributed by atoms with E-state index in [1.807, 2.05) is 54.6 Å². The summed E-state index contributed by atoms with van der Waals surface area (Å²) in [6.07, 6.45) is 0. The van der Waals surface area contributed by atoms with E-state index in [2.05, 4.69) is 95.9 Å². The first-order valence-electron chi connectivity index (χ1n) is 16.2. The zero-order valence-electron chi connectivity index (χ0n) is 25.9. The summed E-state index contributed by atoms with van der Waals surface area (Å²) in [6, 6.07) is 50.4. The summed E-state index contributed by atoms with van der Waals surface area (Å²) < 4.78 is 21.2. The van der Waals surface area contributed by atoms with Crippen LogP contribution in [-0.2, 0) is 0 Å². The average Bonchev–Trinajstić information content (AvgIpc) is 3.91. The molecule has 0 spiro atoms. The Bertz CT molecular complexity index is 3070. The van der Waals surface area contributed by atoms with Crippen molar-refractivity contribution >= 4 is 104 Å². The van der Waals surface area contributed by atoms with Crippen LogP contribution in [0.25, 0.3) is 86.6 Å². The molecule has 0 radical (unpaired) electrons. The van der Waals surface area contributed by atoms with Gasteiger partial charge in [-0.2, -0.15) is 0 Å². The van der Waals surface area contributed by atoms with Crippen molar-refractivity contribution in [1.29, 1.82) is 0 Å². The summed E-state index contributed by atoms with van der Waals surface area (Å²) in [7, 11) is 0. The van der Waals surface area contributed by atoms with Crippen LogP contribution in [0.4, 0.5) is 17.1 Å². The number of furan rings is 2. The average molecular weight is 649 g/mol. The Kier molecular flexibility index (Phi) is 5.48. The first-order valence-corrected chi connectivity index (χ1v) is 17.0. The van der Waals surface area contributed by atoms with Crippen molar-refractivity contribution in [1.82, 2.24) is 4.98 Å². The zero-order chi connectivity index (χ0) is 32.1. The number of oxazole rings is 1. The highest BCUT2D eigenvalue weighted by Gasteiger charge is 2.19. The highest BCUT2D eigenvalue weighted by atomic mass is 32.1. The van der Waals surface area contributed by atoms with Crippen molar-refractivity contribution in [2.75, 3.05) is 4.90 Å². The number of rotatable bonds is 4. The van der Waals surface area contributed by atoms with E-state index in [9.17, 15) is 0 Å². The molecule has 0 fully saturated rings. The molecule has 0 atom stereocenters. The maximum absolute atomic E-state index is 6.35. The Morgan fingerprint density at radius 2 is 1.02 bits per heavy atom. The maximum Gasteiger partial charge on any atom is 0.227 e. The van der Waals surface area contributed by atoms with E-state index in [4.69, 9.17) is 18.2 Å². The van der Waals surface area contributed by atoms with Crippen LogP contribution in [0.2, 0.25) is 0 Å². The third-order valence-corrected chi connectivity index (χ3v) is 10.6. The third-order valence-electron chi connectivity index (χ3n) is 9.48. The Labute approximate surface area is 282 Å². The van der Waals surface area contributed by atoms with Gasteiger partial charge in [0.15, 0.2) is 5.58 Å². The lowest BCUT2D eigenvalue weighted by atomic mass is 10.1. The second-order valence-corrected chi connectivity index (χ2v) is 13.5. The molecule has 7 aromatic carbocycles.